The second-order valence-electron chi connectivity index (χ2n) is 8.23. The number of carbonyl (C=O) groups excluding carboxylic acids is 3. The van der Waals surface area contributed by atoms with E-state index in [0.29, 0.717) is 16.9 Å². The van der Waals surface area contributed by atoms with Crippen LogP contribution in [0.5, 0.6) is 0 Å². The van der Waals surface area contributed by atoms with E-state index in [1.165, 1.54) is 44.2 Å². The first-order chi connectivity index (χ1) is 16.6. The Morgan fingerprint density at radius 3 is 2.31 bits per heavy atom. The van der Waals surface area contributed by atoms with Crippen LogP contribution in [-0.2, 0) is 29.0 Å². The number of ketones is 1. The molecule has 35 heavy (non-hydrogen) atoms. The van der Waals surface area contributed by atoms with Gasteiger partial charge in [0.05, 0.1) is 24.2 Å². The van der Waals surface area contributed by atoms with Gasteiger partial charge in [-0.2, -0.15) is 0 Å². The molecule has 2 amide bonds. The van der Waals surface area contributed by atoms with Crippen molar-refractivity contribution in [3.63, 3.8) is 0 Å². The summed E-state index contributed by atoms with van der Waals surface area (Å²) in [7, 11) is -3.89. The fraction of sp³-hybridized carbons (Fsp3) is 0.348. The number of fused-ring (bicyclic) bond motifs is 1. The number of hydrogen-bond acceptors (Lipinski definition) is 8. The highest BCUT2D eigenvalue weighted by Gasteiger charge is 2.50. The van der Waals surface area contributed by atoms with Crippen LogP contribution in [0.2, 0.25) is 0 Å². The zero-order chi connectivity index (χ0) is 25.2. The lowest BCUT2D eigenvalue weighted by Crippen LogP contribution is -2.44. The average molecular weight is 504 g/mol. The van der Waals surface area contributed by atoms with Gasteiger partial charge in [0.1, 0.15) is 12.2 Å². The second-order valence-corrected chi connectivity index (χ2v) is 9.95. The zero-order valence-corrected chi connectivity index (χ0v) is 19.8. The summed E-state index contributed by atoms with van der Waals surface area (Å²) in [6, 6.07) is 11.5. The van der Waals surface area contributed by atoms with Crippen LogP contribution < -0.4 is 15.4 Å². The van der Waals surface area contributed by atoms with Gasteiger partial charge in [-0.1, -0.05) is 12.1 Å². The quantitative estimate of drug-likeness (QED) is 0.485. The minimum atomic E-state index is -3.89. The van der Waals surface area contributed by atoms with E-state index in [9.17, 15) is 22.8 Å². The summed E-state index contributed by atoms with van der Waals surface area (Å²) >= 11 is 0. The average Bonchev–Trinajstić information content (AvgIpc) is 3.37. The summed E-state index contributed by atoms with van der Waals surface area (Å²) in [6.07, 6.45) is -2.75. The molecule has 2 saturated heterocycles. The fourth-order valence-corrected chi connectivity index (χ4v) is 5.19. The minimum Gasteiger partial charge on any atom is -0.441 e. The van der Waals surface area contributed by atoms with Crippen LogP contribution in [0.4, 0.5) is 16.2 Å². The summed E-state index contributed by atoms with van der Waals surface area (Å²) < 4.78 is 45.1. The number of ether oxygens (including phenoxy) is 3. The summed E-state index contributed by atoms with van der Waals surface area (Å²) in [5, 5.41) is 5.14. The minimum absolute atomic E-state index is 0.0213. The van der Waals surface area contributed by atoms with Crippen LogP contribution >= 0.6 is 0 Å². The van der Waals surface area contributed by atoms with Crippen LogP contribution in [0.3, 0.4) is 0 Å². The molecule has 2 fully saturated rings. The molecule has 4 atom stereocenters. The van der Waals surface area contributed by atoms with E-state index in [1.807, 2.05) is 0 Å². The molecular weight excluding hydrogens is 478 g/mol. The van der Waals surface area contributed by atoms with Gasteiger partial charge in [0.25, 0.3) is 0 Å². The van der Waals surface area contributed by atoms with E-state index in [0.717, 1.165) is 0 Å². The Hall–Kier alpha value is -3.32. The number of anilines is 2. The maximum atomic E-state index is 12.8. The SMILES string of the molecule is CC(=O)Nc1ccc(S(=O)(=O)NC2COC3C(OC(=O)Nc4cccc(C(C)=O)c4)COC23)cc1. The third-order valence-electron chi connectivity index (χ3n) is 5.57. The number of Topliss-reactive ketones (excluding diaryl/α,β-unsaturated/α-hetero) is 1. The van der Waals surface area contributed by atoms with Crippen LogP contribution in [0.15, 0.2) is 53.4 Å². The third kappa shape index (κ3) is 5.85. The molecular formula is C23H25N3O8S. The predicted molar refractivity (Wildman–Crippen MR) is 125 cm³/mol. The molecule has 4 unspecified atom stereocenters. The van der Waals surface area contributed by atoms with Crippen LogP contribution in [0.25, 0.3) is 0 Å². The fourth-order valence-electron chi connectivity index (χ4n) is 3.96. The molecule has 2 aliphatic rings. The largest absolute Gasteiger partial charge is 0.441 e. The van der Waals surface area contributed by atoms with Crippen LogP contribution in [0, 0.1) is 0 Å². The van der Waals surface area contributed by atoms with E-state index < -0.39 is 40.5 Å². The molecule has 0 bridgehead atoms. The van der Waals surface area contributed by atoms with Crippen molar-refractivity contribution in [3.8, 4) is 0 Å². The normalized spacial score (nSPS) is 23.4. The van der Waals surface area contributed by atoms with Crippen molar-refractivity contribution in [2.45, 2.75) is 43.1 Å². The third-order valence-corrected chi connectivity index (χ3v) is 7.08. The van der Waals surface area contributed by atoms with E-state index in [-0.39, 0.29) is 29.8 Å². The Labute approximate surface area is 202 Å². The smallest absolute Gasteiger partial charge is 0.412 e. The first kappa shape index (κ1) is 24.8. The van der Waals surface area contributed by atoms with Crippen LogP contribution in [-0.4, -0.2) is 63.8 Å². The monoisotopic (exact) mass is 503 g/mol. The summed E-state index contributed by atoms with van der Waals surface area (Å²) in [4.78, 5) is 35.0. The number of amides is 2. The Morgan fingerprint density at radius 1 is 0.914 bits per heavy atom. The van der Waals surface area contributed by atoms with Gasteiger partial charge in [0.15, 0.2) is 11.9 Å². The van der Waals surface area contributed by atoms with Gasteiger partial charge in [-0.25, -0.2) is 17.9 Å². The number of hydrogen-bond donors (Lipinski definition) is 3. The Bertz CT molecular complexity index is 1230. The molecule has 3 N–H and O–H groups in total. The second kappa shape index (κ2) is 10.1. The maximum Gasteiger partial charge on any atom is 0.412 e. The molecule has 0 spiro atoms. The zero-order valence-electron chi connectivity index (χ0n) is 19.0. The van der Waals surface area contributed by atoms with Gasteiger partial charge in [-0.3, -0.25) is 14.9 Å². The highest BCUT2D eigenvalue weighted by atomic mass is 32.2. The lowest BCUT2D eigenvalue weighted by atomic mass is 10.1. The first-order valence-corrected chi connectivity index (χ1v) is 12.3. The van der Waals surface area contributed by atoms with Gasteiger partial charge in [0, 0.05) is 23.9 Å². The molecule has 2 aromatic carbocycles. The highest BCUT2D eigenvalue weighted by Crippen LogP contribution is 2.30. The molecule has 0 aromatic heterocycles. The van der Waals surface area contributed by atoms with E-state index in [4.69, 9.17) is 14.2 Å². The number of benzene rings is 2. The molecule has 2 aliphatic heterocycles. The first-order valence-electron chi connectivity index (χ1n) is 10.8. The molecule has 11 nitrogen and oxygen atoms in total. The van der Waals surface area contributed by atoms with E-state index >= 15 is 0 Å². The summed E-state index contributed by atoms with van der Waals surface area (Å²) in [5.74, 6) is -0.396. The summed E-state index contributed by atoms with van der Waals surface area (Å²) in [6.45, 7) is 2.87. The standard InChI is InChI=1S/C23H25N3O8S/c1-13(27)15-4-3-5-17(10-15)25-23(29)34-20-12-33-21-19(11-32-22(20)21)26-35(30,31)18-8-6-16(7-9-18)24-14(2)28/h3-10,19-22,26H,11-12H2,1-2H3,(H,24,28)(H,25,29). The molecule has 2 aromatic rings. The maximum absolute atomic E-state index is 12.8. The molecule has 186 valence electrons. The molecule has 4 rings (SSSR count). The molecule has 2 heterocycles. The van der Waals surface area contributed by atoms with Gasteiger partial charge in [-0.15, -0.1) is 0 Å². The van der Waals surface area contributed by atoms with Crippen LogP contribution in [0.1, 0.15) is 24.2 Å². The Morgan fingerprint density at radius 2 is 1.63 bits per heavy atom. The van der Waals surface area contributed by atoms with Crippen molar-refractivity contribution in [1.82, 2.24) is 4.72 Å². The van der Waals surface area contributed by atoms with Gasteiger partial charge in [0.2, 0.25) is 15.9 Å². The predicted octanol–water partition coefficient (Wildman–Crippen LogP) is 1.91. The lowest BCUT2D eigenvalue weighted by Gasteiger charge is -2.18. The van der Waals surface area contributed by atoms with Gasteiger partial charge >= 0.3 is 6.09 Å². The Balaban J connectivity index is 1.34. The van der Waals surface area contributed by atoms with Gasteiger partial charge in [-0.05, 0) is 43.3 Å². The topological polar surface area (TPSA) is 149 Å². The Kier molecular flexibility index (Phi) is 7.17. The molecule has 0 aliphatic carbocycles. The number of rotatable bonds is 7. The molecule has 0 radical (unpaired) electrons. The lowest BCUT2D eigenvalue weighted by molar-refractivity contribution is -0.114. The molecule has 0 saturated carbocycles. The van der Waals surface area contributed by atoms with Crippen molar-refractivity contribution < 1.29 is 37.0 Å². The number of carbonyl (C=O) groups is 3. The highest BCUT2D eigenvalue weighted by molar-refractivity contribution is 7.89. The van der Waals surface area contributed by atoms with Crippen molar-refractivity contribution in [2.24, 2.45) is 0 Å². The van der Waals surface area contributed by atoms with Gasteiger partial charge < -0.3 is 19.5 Å². The van der Waals surface area contributed by atoms with Crippen molar-refractivity contribution in [1.29, 1.82) is 0 Å². The van der Waals surface area contributed by atoms with Crippen molar-refractivity contribution in [2.75, 3.05) is 23.8 Å². The van der Waals surface area contributed by atoms with E-state index in [2.05, 4.69) is 15.4 Å². The summed E-state index contributed by atoms with van der Waals surface area (Å²) in [5.41, 5.74) is 1.33. The van der Waals surface area contributed by atoms with Crippen molar-refractivity contribution in [3.05, 3.63) is 54.1 Å². The van der Waals surface area contributed by atoms with E-state index in [1.54, 1.807) is 18.2 Å². The molecule has 12 heteroatoms. The van der Waals surface area contributed by atoms with Crippen molar-refractivity contribution >= 4 is 39.2 Å². The number of nitrogens with one attached hydrogen (secondary N) is 3. The number of sulfonamides is 1.